The van der Waals surface area contributed by atoms with Crippen LogP contribution in [0, 0.1) is 0 Å². The molecule has 2 aromatic rings. The van der Waals surface area contributed by atoms with E-state index in [4.69, 9.17) is 21.1 Å². The first-order valence-electron chi connectivity index (χ1n) is 6.01. The number of rotatable bonds is 2. The van der Waals surface area contributed by atoms with Crippen molar-refractivity contribution in [1.29, 1.82) is 0 Å². The molecule has 7 heteroatoms. The summed E-state index contributed by atoms with van der Waals surface area (Å²) >= 11 is 6.08. The Morgan fingerprint density at radius 3 is 2.95 bits per heavy atom. The van der Waals surface area contributed by atoms with Crippen molar-refractivity contribution in [2.75, 3.05) is 6.79 Å². The number of aromatic hydroxyl groups is 1. The van der Waals surface area contributed by atoms with Gasteiger partial charge in [0.25, 0.3) is 5.56 Å². The van der Waals surface area contributed by atoms with Crippen molar-refractivity contribution >= 4 is 11.6 Å². The number of nitrogens with zero attached hydrogens (tertiary/aromatic N) is 1. The maximum Gasteiger partial charge on any atom is 0.258 e. The van der Waals surface area contributed by atoms with E-state index in [1.165, 1.54) is 0 Å². The zero-order chi connectivity index (χ0) is 14.3. The van der Waals surface area contributed by atoms with Crippen molar-refractivity contribution < 1.29 is 14.6 Å². The van der Waals surface area contributed by atoms with Crippen LogP contribution in [-0.2, 0) is 6.42 Å². The standard InChI is InChI=1S/C13H11ClN2O4/c1-2-7-12(17)15-11(16-13(7)18)6-3-8(14)10-9(4-6)19-5-20-10/h3-4H,2,5H2,1H3,(H2,15,16,17,18). The van der Waals surface area contributed by atoms with Gasteiger partial charge in [-0.3, -0.25) is 4.79 Å². The van der Waals surface area contributed by atoms with Gasteiger partial charge >= 0.3 is 0 Å². The number of fused-ring (bicyclic) bond motifs is 1. The fourth-order valence-corrected chi connectivity index (χ4v) is 2.31. The molecule has 0 saturated carbocycles. The van der Waals surface area contributed by atoms with Gasteiger partial charge in [0.2, 0.25) is 12.7 Å². The second kappa shape index (κ2) is 4.72. The Morgan fingerprint density at radius 1 is 1.45 bits per heavy atom. The lowest BCUT2D eigenvalue weighted by atomic mass is 10.1. The molecule has 0 amide bonds. The van der Waals surface area contributed by atoms with Gasteiger partial charge in [-0.25, -0.2) is 0 Å². The summed E-state index contributed by atoms with van der Waals surface area (Å²) in [4.78, 5) is 18.4. The normalized spacial score (nSPS) is 12.7. The molecule has 6 nitrogen and oxygen atoms in total. The van der Waals surface area contributed by atoms with Crippen molar-refractivity contribution in [3.63, 3.8) is 0 Å². The quantitative estimate of drug-likeness (QED) is 0.886. The van der Waals surface area contributed by atoms with Crippen LogP contribution in [0.1, 0.15) is 12.5 Å². The molecule has 2 heterocycles. The Balaban J connectivity index is 2.15. The molecular formula is C13H11ClN2O4. The molecule has 1 aliphatic rings. The first-order valence-corrected chi connectivity index (χ1v) is 6.39. The molecule has 0 aliphatic carbocycles. The average molecular weight is 295 g/mol. The number of nitrogens with one attached hydrogen (secondary N) is 1. The lowest BCUT2D eigenvalue weighted by Crippen LogP contribution is -2.14. The summed E-state index contributed by atoms with van der Waals surface area (Å²) in [6.45, 7) is 1.87. The van der Waals surface area contributed by atoms with E-state index in [1.54, 1.807) is 19.1 Å². The van der Waals surface area contributed by atoms with Crippen LogP contribution >= 0.6 is 11.6 Å². The molecular weight excluding hydrogens is 284 g/mol. The Hall–Kier alpha value is -2.21. The summed E-state index contributed by atoms with van der Waals surface area (Å²) in [6.07, 6.45) is 0.399. The predicted octanol–water partition coefficient (Wildman–Crippen LogP) is 2.09. The van der Waals surface area contributed by atoms with Crippen LogP contribution in [0.4, 0.5) is 0 Å². The molecule has 0 radical (unpaired) electrons. The Bertz CT molecular complexity index is 742. The van der Waals surface area contributed by atoms with Gasteiger partial charge in [0.15, 0.2) is 11.5 Å². The van der Waals surface area contributed by atoms with E-state index in [1.807, 2.05) is 0 Å². The molecule has 1 aliphatic heterocycles. The highest BCUT2D eigenvalue weighted by Crippen LogP contribution is 2.41. The summed E-state index contributed by atoms with van der Waals surface area (Å²) in [5.41, 5.74) is 0.415. The molecule has 0 bridgehead atoms. The summed E-state index contributed by atoms with van der Waals surface area (Å²) in [5, 5.41) is 10.1. The van der Waals surface area contributed by atoms with Gasteiger partial charge in [-0.15, -0.1) is 0 Å². The molecule has 0 atom stereocenters. The van der Waals surface area contributed by atoms with Crippen LogP contribution in [0.2, 0.25) is 5.02 Å². The van der Waals surface area contributed by atoms with Crippen LogP contribution < -0.4 is 15.0 Å². The minimum absolute atomic E-state index is 0.0997. The SMILES string of the molecule is CCc1c(O)nc(-c2cc(Cl)c3c(c2)OCO3)[nH]c1=O. The minimum atomic E-state index is -0.371. The fraction of sp³-hybridized carbons (Fsp3) is 0.231. The van der Waals surface area contributed by atoms with Crippen LogP contribution in [0.25, 0.3) is 11.4 Å². The van der Waals surface area contributed by atoms with Crippen molar-refractivity contribution in [3.8, 4) is 28.8 Å². The van der Waals surface area contributed by atoms with Crippen molar-refractivity contribution in [2.45, 2.75) is 13.3 Å². The third-order valence-corrected chi connectivity index (χ3v) is 3.33. The number of halogens is 1. The molecule has 0 spiro atoms. The number of aromatic nitrogens is 2. The van der Waals surface area contributed by atoms with Crippen molar-refractivity contribution in [3.05, 3.63) is 33.1 Å². The topological polar surface area (TPSA) is 84.4 Å². The van der Waals surface area contributed by atoms with Crippen LogP contribution in [-0.4, -0.2) is 21.9 Å². The molecule has 20 heavy (non-hydrogen) atoms. The van der Waals surface area contributed by atoms with E-state index < -0.39 is 0 Å². The second-order valence-corrected chi connectivity index (χ2v) is 4.67. The Kier molecular flexibility index (Phi) is 3.02. The fourth-order valence-electron chi connectivity index (χ4n) is 2.05. The van der Waals surface area contributed by atoms with Crippen LogP contribution in [0.15, 0.2) is 16.9 Å². The zero-order valence-electron chi connectivity index (χ0n) is 10.6. The highest BCUT2D eigenvalue weighted by atomic mass is 35.5. The summed E-state index contributed by atoms with van der Waals surface area (Å²) in [7, 11) is 0. The molecule has 0 unspecified atom stereocenters. The Morgan fingerprint density at radius 2 is 2.25 bits per heavy atom. The van der Waals surface area contributed by atoms with Crippen molar-refractivity contribution in [1.82, 2.24) is 9.97 Å². The van der Waals surface area contributed by atoms with E-state index in [0.717, 1.165) is 0 Å². The van der Waals surface area contributed by atoms with E-state index in [-0.39, 0.29) is 29.6 Å². The van der Waals surface area contributed by atoms with Gasteiger partial charge in [0, 0.05) is 5.56 Å². The predicted molar refractivity (Wildman–Crippen MR) is 72.5 cm³/mol. The van der Waals surface area contributed by atoms with E-state index in [2.05, 4.69) is 9.97 Å². The van der Waals surface area contributed by atoms with Gasteiger partial charge in [-0.2, -0.15) is 4.98 Å². The monoisotopic (exact) mass is 294 g/mol. The largest absolute Gasteiger partial charge is 0.493 e. The zero-order valence-corrected chi connectivity index (χ0v) is 11.3. The number of hydrogen-bond acceptors (Lipinski definition) is 5. The van der Waals surface area contributed by atoms with Gasteiger partial charge in [0.05, 0.1) is 10.6 Å². The van der Waals surface area contributed by atoms with E-state index >= 15 is 0 Å². The molecule has 1 aromatic carbocycles. The molecule has 0 fully saturated rings. The second-order valence-electron chi connectivity index (χ2n) is 4.26. The lowest BCUT2D eigenvalue weighted by Gasteiger charge is -2.06. The summed E-state index contributed by atoms with van der Waals surface area (Å²) in [5.74, 6) is 0.895. The maximum absolute atomic E-state index is 11.8. The first kappa shape index (κ1) is 12.8. The summed E-state index contributed by atoms with van der Waals surface area (Å²) in [6, 6.07) is 3.25. The number of benzene rings is 1. The van der Waals surface area contributed by atoms with E-state index in [9.17, 15) is 9.90 Å². The summed E-state index contributed by atoms with van der Waals surface area (Å²) < 4.78 is 10.5. The number of ether oxygens (including phenoxy) is 2. The van der Waals surface area contributed by atoms with Crippen LogP contribution in [0.3, 0.4) is 0 Å². The number of hydrogen-bond donors (Lipinski definition) is 2. The van der Waals surface area contributed by atoms with Gasteiger partial charge in [-0.05, 0) is 18.6 Å². The van der Waals surface area contributed by atoms with Gasteiger partial charge in [0.1, 0.15) is 5.82 Å². The van der Waals surface area contributed by atoms with E-state index in [0.29, 0.717) is 28.5 Å². The highest BCUT2D eigenvalue weighted by molar-refractivity contribution is 6.32. The number of aromatic amines is 1. The van der Waals surface area contributed by atoms with Gasteiger partial charge < -0.3 is 19.6 Å². The number of H-pyrrole nitrogens is 1. The third-order valence-electron chi connectivity index (χ3n) is 3.05. The molecule has 2 N–H and O–H groups in total. The molecule has 104 valence electrons. The molecule has 3 rings (SSSR count). The molecule has 1 aromatic heterocycles. The maximum atomic E-state index is 11.8. The molecule has 0 saturated heterocycles. The third kappa shape index (κ3) is 1.98. The van der Waals surface area contributed by atoms with Crippen LogP contribution in [0.5, 0.6) is 17.4 Å². The smallest absolute Gasteiger partial charge is 0.258 e. The highest BCUT2D eigenvalue weighted by Gasteiger charge is 2.20. The Labute approximate surface area is 119 Å². The lowest BCUT2D eigenvalue weighted by molar-refractivity contribution is 0.174. The minimum Gasteiger partial charge on any atom is -0.493 e. The van der Waals surface area contributed by atoms with Gasteiger partial charge in [-0.1, -0.05) is 18.5 Å². The average Bonchev–Trinajstić information content (AvgIpc) is 2.87. The first-order chi connectivity index (χ1) is 9.60. The van der Waals surface area contributed by atoms with Crippen molar-refractivity contribution in [2.24, 2.45) is 0 Å².